The van der Waals surface area contributed by atoms with Crippen LogP contribution < -0.4 is 9.62 Å². The van der Waals surface area contributed by atoms with Crippen molar-refractivity contribution in [2.24, 2.45) is 0 Å². The number of anilines is 1. The molecule has 9 heteroatoms. The van der Waals surface area contributed by atoms with Crippen molar-refractivity contribution in [2.75, 3.05) is 24.2 Å². The molecular formula is C18H23N3O4S2. The van der Waals surface area contributed by atoms with Crippen LogP contribution in [0.15, 0.2) is 46.3 Å². The second kappa shape index (κ2) is 7.57. The maximum Gasteiger partial charge on any atom is 0.241 e. The molecule has 1 aliphatic rings. The van der Waals surface area contributed by atoms with Crippen LogP contribution in [-0.4, -0.2) is 41.2 Å². The summed E-state index contributed by atoms with van der Waals surface area (Å²) in [5.74, 6) is 0.899. The van der Waals surface area contributed by atoms with E-state index in [-0.39, 0.29) is 16.3 Å². The number of rotatable bonds is 6. The highest BCUT2D eigenvalue weighted by atomic mass is 32.2. The predicted octanol–water partition coefficient (Wildman–Crippen LogP) is 1.87. The van der Waals surface area contributed by atoms with Crippen molar-refractivity contribution in [1.29, 1.82) is 0 Å². The molecule has 0 radical (unpaired) electrons. The lowest BCUT2D eigenvalue weighted by Gasteiger charge is -2.16. The Bertz CT molecular complexity index is 1030. The molecule has 3 rings (SSSR count). The Balaban J connectivity index is 1.75. The molecular weight excluding hydrogens is 386 g/mol. The maximum atomic E-state index is 12.6. The first-order chi connectivity index (χ1) is 12.7. The first kappa shape index (κ1) is 19.8. The van der Waals surface area contributed by atoms with Gasteiger partial charge in [-0.3, -0.25) is 0 Å². The molecule has 0 amide bonds. The Labute approximate surface area is 160 Å². The smallest absolute Gasteiger partial charge is 0.241 e. The van der Waals surface area contributed by atoms with E-state index < -0.39 is 19.9 Å². The van der Waals surface area contributed by atoms with E-state index in [0.717, 1.165) is 43.6 Å². The Morgan fingerprint density at radius 3 is 2.37 bits per heavy atom. The van der Waals surface area contributed by atoms with Crippen LogP contribution in [0.1, 0.15) is 24.0 Å². The van der Waals surface area contributed by atoms with Crippen molar-refractivity contribution < 1.29 is 16.8 Å². The summed E-state index contributed by atoms with van der Waals surface area (Å²) in [5, 5.41) is 0. The summed E-state index contributed by atoms with van der Waals surface area (Å²) >= 11 is 0. The lowest BCUT2D eigenvalue weighted by atomic mass is 10.2. The van der Waals surface area contributed by atoms with Crippen molar-refractivity contribution in [2.45, 2.75) is 36.1 Å². The number of aryl methyl sites for hydroxylation is 1. The highest BCUT2D eigenvalue weighted by Gasteiger charge is 2.20. The molecule has 1 aromatic carbocycles. The Kier molecular flexibility index (Phi) is 5.55. The predicted molar refractivity (Wildman–Crippen MR) is 104 cm³/mol. The SMILES string of the molecule is Cc1ccc(S(C)(=O)=O)cc1S(=O)(=O)NCc1ccc(N2CCCC2)nc1. The van der Waals surface area contributed by atoms with Gasteiger partial charge in [-0.25, -0.2) is 26.5 Å². The number of benzene rings is 1. The molecule has 0 atom stereocenters. The molecule has 0 spiro atoms. The van der Waals surface area contributed by atoms with Gasteiger partial charge in [0.05, 0.1) is 9.79 Å². The normalized spacial score (nSPS) is 15.3. The van der Waals surface area contributed by atoms with Crippen LogP contribution in [0.3, 0.4) is 0 Å². The van der Waals surface area contributed by atoms with Crippen LogP contribution in [0.2, 0.25) is 0 Å². The molecule has 7 nitrogen and oxygen atoms in total. The van der Waals surface area contributed by atoms with Gasteiger partial charge >= 0.3 is 0 Å². The van der Waals surface area contributed by atoms with Crippen LogP contribution >= 0.6 is 0 Å². The zero-order valence-electron chi connectivity index (χ0n) is 15.3. The van der Waals surface area contributed by atoms with Gasteiger partial charge in [-0.2, -0.15) is 0 Å². The zero-order chi connectivity index (χ0) is 19.7. The molecule has 0 aliphatic carbocycles. The van der Waals surface area contributed by atoms with Crippen LogP contribution in [0.5, 0.6) is 0 Å². The third-order valence-corrected chi connectivity index (χ3v) is 7.24. The first-order valence-corrected chi connectivity index (χ1v) is 12.0. The molecule has 2 aromatic rings. The topological polar surface area (TPSA) is 96.4 Å². The van der Waals surface area contributed by atoms with Gasteiger partial charge in [0.25, 0.3) is 0 Å². The van der Waals surface area contributed by atoms with E-state index >= 15 is 0 Å². The third-order valence-electron chi connectivity index (χ3n) is 4.58. The molecule has 1 fully saturated rings. The molecule has 146 valence electrons. The average molecular weight is 410 g/mol. The summed E-state index contributed by atoms with van der Waals surface area (Å²) in [6.45, 7) is 3.70. The minimum atomic E-state index is -3.85. The maximum absolute atomic E-state index is 12.6. The summed E-state index contributed by atoms with van der Waals surface area (Å²) in [7, 11) is -7.34. The van der Waals surface area contributed by atoms with Crippen molar-refractivity contribution >= 4 is 25.7 Å². The number of sulfonamides is 1. The minimum Gasteiger partial charge on any atom is -0.357 e. The van der Waals surface area contributed by atoms with Crippen molar-refractivity contribution in [3.63, 3.8) is 0 Å². The summed E-state index contributed by atoms with van der Waals surface area (Å²) in [4.78, 5) is 6.55. The Morgan fingerprint density at radius 2 is 1.78 bits per heavy atom. The van der Waals surface area contributed by atoms with E-state index in [9.17, 15) is 16.8 Å². The summed E-state index contributed by atoms with van der Waals surface area (Å²) in [6, 6.07) is 7.84. The highest BCUT2D eigenvalue weighted by Crippen LogP contribution is 2.21. The van der Waals surface area contributed by atoms with Gasteiger partial charge in [0.1, 0.15) is 5.82 Å². The summed E-state index contributed by atoms with van der Waals surface area (Å²) in [6.07, 6.45) is 5.04. The molecule has 1 aliphatic heterocycles. The van der Waals surface area contributed by atoms with E-state index in [0.29, 0.717) is 5.56 Å². The number of nitrogens with zero attached hydrogens (tertiary/aromatic N) is 2. The fraction of sp³-hybridized carbons (Fsp3) is 0.389. The number of hydrogen-bond donors (Lipinski definition) is 1. The molecule has 1 saturated heterocycles. The molecule has 27 heavy (non-hydrogen) atoms. The first-order valence-electron chi connectivity index (χ1n) is 8.67. The summed E-state index contributed by atoms with van der Waals surface area (Å²) in [5.41, 5.74) is 1.22. The summed E-state index contributed by atoms with van der Waals surface area (Å²) < 4.78 is 51.3. The van der Waals surface area contributed by atoms with Crippen molar-refractivity contribution in [1.82, 2.24) is 9.71 Å². The number of hydrogen-bond acceptors (Lipinski definition) is 6. The second-order valence-corrected chi connectivity index (χ2v) is 10.5. The van der Waals surface area contributed by atoms with Gasteiger partial charge in [0, 0.05) is 32.1 Å². The van der Waals surface area contributed by atoms with E-state index in [1.807, 2.05) is 12.1 Å². The van der Waals surface area contributed by atoms with Crippen LogP contribution in [0.4, 0.5) is 5.82 Å². The van der Waals surface area contributed by atoms with Gasteiger partial charge in [-0.05, 0) is 49.1 Å². The lowest BCUT2D eigenvalue weighted by Crippen LogP contribution is -2.24. The highest BCUT2D eigenvalue weighted by molar-refractivity contribution is 7.91. The van der Waals surface area contributed by atoms with Gasteiger partial charge < -0.3 is 4.90 Å². The minimum absolute atomic E-state index is 0.0230. The van der Waals surface area contributed by atoms with Crippen LogP contribution in [0.25, 0.3) is 0 Å². The van der Waals surface area contributed by atoms with Crippen molar-refractivity contribution in [3.8, 4) is 0 Å². The van der Waals surface area contributed by atoms with Gasteiger partial charge in [0.15, 0.2) is 9.84 Å². The van der Waals surface area contributed by atoms with Gasteiger partial charge in [-0.1, -0.05) is 12.1 Å². The molecule has 0 unspecified atom stereocenters. The fourth-order valence-electron chi connectivity index (χ4n) is 3.01. The third kappa shape index (κ3) is 4.66. The monoisotopic (exact) mass is 409 g/mol. The largest absolute Gasteiger partial charge is 0.357 e. The molecule has 0 saturated carbocycles. The molecule has 2 heterocycles. The number of nitrogens with one attached hydrogen (secondary N) is 1. The molecule has 1 N–H and O–H groups in total. The van der Waals surface area contributed by atoms with E-state index in [2.05, 4.69) is 14.6 Å². The molecule has 0 bridgehead atoms. The fourth-order valence-corrected chi connectivity index (χ4v) is 5.02. The van der Waals surface area contributed by atoms with E-state index in [4.69, 9.17) is 0 Å². The van der Waals surface area contributed by atoms with Crippen LogP contribution in [-0.2, 0) is 26.4 Å². The molecule has 1 aromatic heterocycles. The average Bonchev–Trinajstić information content (AvgIpc) is 3.14. The van der Waals surface area contributed by atoms with E-state index in [1.54, 1.807) is 13.1 Å². The Hall–Kier alpha value is -1.97. The van der Waals surface area contributed by atoms with Gasteiger partial charge in [0.2, 0.25) is 10.0 Å². The number of pyridine rings is 1. The second-order valence-electron chi connectivity index (χ2n) is 6.74. The van der Waals surface area contributed by atoms with E-state index in [1.165, 1.54) is 18.2 Å². The Morgan fingerprint density at radius 1 is 1.07 bits per heavy atom. The quantitative estimate of drug-likeness (QED) is 0.782. The van der Waals surface area contributed by atoms with Gasteiger partial charge in [-0.15, -0.1) is 0 Å². The standard InChI is InChI=1S/C18H23N3O4S2/c1-14-5-7-16(26(2,22)23)11-17(14)27(24,25)20-13-15-6-8-18(19-12-15)21-9-3-4-10-21/h5-8,11-12,20H,3-4,9-10,13H2,1-2H3. The number of aromatic nitrogens is 1. The lowest BCUT2D eigenvalue weighted by molar-refractivity contribution is 0.580. The number of sulfone groups is 1. The zero-order valence-corrected chi connectivity index (χ0v) is 17.0. The van der Waals surface area contributed by atoms with Crippen molar-refractivity contribution in [3.05, 3.63) is 47.7 Å². The van der Waals surface area contributed by atoms with Crippen LogP contribution in [0, 0.1) is 6.92 Å².